The molecule has 100 valence electrons. The van der Waals surface area contributed by atoms with Gasteiger partial charge in [0.15, 0.2) is 5.69 Å². The summed E-state index contributed by atoms with van der Waals surface area (Å²) in [6.45, 7) is 5.82. The fraction of sp³-hybridized carbons (Fsp3) is 0.583. The number of amides is 1. The van der Waals surface area contributed by atoms with Crippen molar-refractivity contribution >= 4 is 11.9 Å². The molecule has 1 aromatic rings. The van der Waals surface area contributed by atoms with E-state index < -0.39 is 5.97 Å². The summed E-state index contributed by atoms with van der Waals surface area (Å²) >= 11 is 0. The monoisotopic (exact) mass is 253 g/mol. The highest BCUT2D eigenvalue weighted by Crippen LogP contribution is 2.08. The molecule has 0 bridgehead atoms. The van der Waals surface area contributed by atoms with Crippen molar-refractivity contribution in [2.45, 2.75) is 20.8 Å². The van der Waals surface area contributed by atoms with E-state index in [9.17, 15) is 9.59 Å². The Bertz CT molecular complexity index is 432. The second kappa shape index (κ2) is 5.66. The lowest BCUT2D eigenvalue weighted by atomic mass is 10.2. The van der Waals surface area contributed by atoms with Crippen molar-refractivity contribution in [2.24, 2.45) is 13.0 Å². The van der Waals surface area contributed by atoms with Crippen LogP contribution in [0.2, 0.25) is 0 Å². The lowest BCUT2D eigenvalue weighted by Gasteiger charge is -2.21. The van der Waals surface area contributed by atoms with Gasteiger partial charge in [-0.2, -0.15) is 5.10 Å². The molecule has 0 unspecified atom stereocenters. The highest BCUT2D eigenvalue weighted by Gasteiger charge is 2.21. The number of carboxylic acids is 1. The van der Waals surface area contributed by atoms with E-state index in [1.54, 1.807) is 17.8 Å². The summed E-state index contributed by atoms with van der Waals surface area (Å²) in [4.78, 5) is 24.3. The summed E-state index contributed by atoms with van der Waals surface area (Å²) in [6, 6.07) is 1.66. The van der Waals surface area contributed by atoms with Gasteiger partial charge in [0.25, 0.3) is 5.91 Å². The second-order valence-electron chi connectivity index (χ2n) is 4.77. The molecule has 1 rings (SSSR count). The van der Waals surface area contributed by atoms with Crippen LogP contribution in [0.3, 0.4) is 0 Å². The second-order valence-corrected chi connectivity index (χ2v) is 4.77. The summed E-state index contributed by atoms with van der Waals surface area (Å²) < 4.78 is 1.60. The molecule has 1 aromatic heterocycles. The Balaban J connectivity index is 2.90. The van der Waals surface area contributed by atoms with Gasteiger partial charge in [0, 0.05) is 19.3 Å². The van der Waals surface area contributed by atoms with Crippen molar-refractivity contribution in [1.82, 2.24) is 14.7 Å². The molecule has 6 heteroatoms. The lowest BCUT2D eigenvalue weighted by Crippen LogP contribution is -2.38. The summed E-state index contributed by atoms with van der Waals surface area (Å²) in [5, 5.41) is 12.9. The molecule has 0 aliphatic rings. The number of hydrogen-bond acceptors (Lipinski definition) is 3. The van der Waals surface area contributed by atoms with E-state index in [1.807, 2.05) is 20.8 Å². The zero-order valence-electron chi connectivity index (χ0n) is 11.2. The summed E-state index contributed by atoms with van der Waals surface area (Å²) in [7, 11) is 1.75. The van der Waals surface area contributed by atoms with Crippen molar-refractivity contribution < 1.29 is 14.7 Å². The van der Waals surface area contributed by atoms with Gasteiger partial charge in [0.05, 0.1) is 0 Å². The maximum atomic E-state index is 12.2. The Morgan fingerprint density at radius 1 is 1.50 bits per heavy atom. The van der Waals surface area contributed by atoms with Gasteiger partial charge in [-0.25, -0.2) is 0 Å². The topological polar surface area (TPSA) is 75.4 Å². The summed E-state index contributed by atoms with van der Waals surface area (Å²) in [6.07, 6.45) is 0. The van der Waals surface area contributed by atoms with Gasteiger partial charge in [-0.15, -0.1) is 0 Å². The Morgan fingerprint density at radius 3 is 2.50 bits per heavy atom. The predicted molar refractivity (Wildman–Crippen MR) is 66.3 cm³/mol. The van der Waals surface area contributed by atoms with Crippen LogP contribution >= 0.6 is 0 Å². The fourth-order valence-electron chi connectivity index (χ4n) is 1.65. The van der Waals surface area contributed by atoms with Crippen molar-refractivity contribution in [3.63, 3.8) is 0 Å². The zero-order valence-corrected chi connectivity index (χ0v) is 11.2. The van der Waals surface area contributed by atoms with Crippen molar-refractivity contribution in [3.05, 3.63) is 17.5 Å². The minimum Gasteiger partial charge on any atom is -0.480 e. The van der Waals surface area contributed by atoms with E-state index in [4.69, 9.17) is 5.11 Å². The van der Waals surface area contributed by atoms with Crippen LogP contribution in [0.25, 0.3) is 0 Å². The van der Waals surface area contributed by atoms with E-state index in [0.717, 1.165) is 5.69 Å². The predicted octanol–water partition coefficient (Wildman–Crippen LogP) is 0.911. The molecule has 1 N–H and O–H groups in total. The molecule has 0 atom stereocenters. The molecule has 6 nitrogen and oxygen atoms in total. The largest absolute Gasteiger partial charge is 0.480 e. The van der Waals surface area contributed by atoms with Gasteiger partial charge in [0.1, 0.15) is 6.54 Å². The van der Waals surface area contributed by atoms with Gasteiger partial charge in [-0.3, -0.25) is 14.3 Å². The molecule has 18 heavy (non-hydrogen) atoms. The molecule has 0 spiro atoms. The highest BCUT2D eigenvalue weighted by molar-refractivity contribution is 5.94. The van der Waals surface area contributed by atoms with Crippen LogP contribution in [0.1, 0.15) is 30.0 Å². The first kappa shape index (κ1) is 14.2. The number of carboxylic acid groups (broad SMARTS) is 1. The number of aryl methyl sites for hydroxylation is 2. The number of aromatic nitrogens is 2. The smallest absolute Gasteiger partial charge is 0.323 e. The average molecular weight is 253 g/mol. The standard InChI is InChI=1S/C12H19N3O3/c1-8(2)6-15(7-11(16)17)12(18)10-5-9(3)14(4)13-10/h5,8H,6-7H2,1-4H3,(H,16,17). The molecule has 0 saturated heterocycles. The van der Waals surface area contributed by atoms with Gasteiger partial charge >= 0.3 is 5.97 Å². The Labute approximate surface area is 106 Å². The number of carbonyl (C=O) groups excluding carboxylic acids is 1. The number of carbonyl (C=O) groups is 2. The van der Waals surface area contributed by atoms with Crippen molar-refractivity contribution in [1.29, 1.82) is 0 Å². The fourth-order valence-corrected chi connectivity index (χ4v) is 1.65. The number of aliphatic carboxylic acids is 1. The van der Waals surface area contributed by atoms with E-state index in [2.05, 4.69) is 5.10 Å². The molecule has 0 aromatic carbocycles. The minimum absolute atomic E-state index is 0.207. The van der Waals surface area contributed by atoms with E-state index >= 15 is 0 Å². The summed E-state index contributed by atoms with van der Waals surface area (Å²) in [5.74, 6) is -1.15. The molecule has 0 radical (unpaired) electrons. The van der Waals surface area contributed by atoms with Gasteiger partial charge < -0.3 is 10.0 Å². The Kier molecular flexibility index (Phi) is 4.47. The molecule has 1 heterocycles. The number of rotatable bonds is 5. The molecule has 0 saturated carbocycles. The average Bonchev–Trinajstić information content (AvgIpc) is 2.56. The third-order valence-electron chi connectivity index (χ3n) is 2.53. The first-order valence-corrected chi connectivity index (χ1v) is 5.83. The van der Waals surface area contributed by atoms with E-state index in [-0.39, 0.29) is 24.1 Å². The highest BCUT2D eigenvalue weighted by atomic mass is 16.4. The van der Waals surface area contributed by atoms with Crippen molar-refractivity contribution in [3.8, 4) is 0 Å². The first-order valence-electron chi connectivity index (χ1n) is 5.83. The number of nitrogens with zero attached hydrogens (tertiary/aromatic N) is 3. The van der Waals surface area contributed by atoms with Gasteiger partial charge in [-0.05, 0) is 18.9 Å². The number of hydrogen-bond donors (Lipinski definition) is 1. The Hall–Kier alpha value is -1.85. The normalized spacial score (nSPS) is 10.7. The maximum Gasteiger partial charge on any atom is 0.323 e. The minimum atomic E-state index is -1.02. The van der Waals surface area contributed by atoms with Gasteiger partial charge in [-0.1, -0.05) is 13.8 Å². The maximum absolute atomic E-state index is 12.2. The SMILES string of the molecule is Cc1cc(C(=O)N(CC(=O)O)CC(C)C)nn1C. The van der Waals surface area contributed by atoms with E-state index in [1.165, 1.54) is 4.90 Å². The van der Waals surface area contributed by atoms with Crippen molar-refractivity contribution in [2.75, 3.05) is 13.1 Å². The van der Waals surface area contributed by atoms with Crippen LogP contribution in [0.5, 0.6) is 0 Å². The van der Waals surface area contributed by atoms with Gasteiger partial charge in [0.2, 0.25) is 0 Å². The zero-order chi connectivity index (χ0) is 13.9. The van der Waals surface area contributed by atoms with Crippen LogP contribution in [0.15, 0.2) is 6.07 Å². The van der Waals surface area contributed by atoms with Crippen LogP contribution in [0, 0.1) is 12.8 Å². The van der Waals surface area contributed by atoms with Crippen LogP contribution in [-0.4, -0.2) is 44.8 Å². The molecule has 0 aliphatic heterocycles. The first-order chi connectivity index (χ1) is 8.31. The van der Waals surface area contributed by atoms with Crippen LogP contribution < -0.4 is 0 Å². The molecule has 1 amide bonds. The van der Waals surface area contributed by atoms with Crippen LogP contribution in [0.4, 0.5) is 0 Å². The third kappa shape index (κ3) is 3.58. The van der Waals surface area contributed by atoms with Crippen LogP contribution in [-0.2, 0) is 11.8 Å². The molecule has 0 aliphatic carbocycles. The molecular weight excluding hydrogens is 234 g/mol. The van der Waals surface area contributed by atoms with E-state index in [0.29, 0.717) is 6.54 Å². The summed E-state index contributed by atoms with van der Waals surface area (Å²) in [5.41, 5.74) is 1.15. The quantitative estimate of drug-likeness (QED) is 0.846. The molecule has 0 fully saturated rings. The lowest BCUT2D eigenvalue weighted by molar-refractivity contribution is -0.137. The third-order valence-corrected chi connectivity index (χ3v) is 2.53. The molecular formula is C12H19N3O3. The Morgan fingerprint density at radius 2 is 2.11 bits per heavy atom.